The van der Waals surface area contributed by atoms with Gasteiger partial charge in [0.25, 0.3) is 0 Å². The Kier molecular flexibility index (Phi) is 3.99. The van der Waals surface area contributed by atoms with Crippen LogP contribution in [0.5, 0.6) is 0 Å². The molecule has 0 aliphatic carbocycles. The van der Waals surface area contributed by atoms with E-state index in [1.807, 2.05) is 31.4 Å². The number of rotatable bonds is 6. The molecule has 19 heavy (non-hydrogen) atoms. The number of nitrogens with zero attached hydrogens (tertiary/aromatic N) is 2. The zero-order valence-electron chi connectivity index (χ0n) is 10.9. The highest BCUT2D eigenvalue weighted by molar-refractivity contribution is 7.09. The number of carboxylic acids is 1. The van der Waals surface area contributed by atoms with Crippen molar-refractivity contribution >= 4 is 17.3 Å². The second kappa shape index (κ2) is 5.52. The van der Waals surface area contributed by atoms with E-state index >= 15 is 0 Å². The van der Waals surface area contributed by atoms with Gasteiger partial charge in [-0.15, -0.1) is 21.5 Å². The summed E-state index contributed by atoms with van der Waals surface area (Å²) in [5.41, 5.74) is -0.390. The zero-order chi connectivity index (χ0) is 13.9. The Hall–Kier alpha value is -1.69. The van der Waals surface area contributed by atoms with Gasteiger partial charge in [-0.3, -0.25) is 4.79 Å². The summed E-state index contributed by atoms with van der Waals surface area (Å²) in [6.45, 7) is 3.76. The predicted molar refractivity (Wildman–Crippen MR) is 71.2 cm³/mol. The average Bonchev–Trinajstić information content (AvgIpc) is 2.88. The lowest BCUT2D eigenvalue weighted by molar-refractivity contribution is -0.139. The van der Waals surface area contributed by atoms with Crippen molar-refractivity contribution in [1.82, 2.24) is 10.2 Å². The van der Waals surface area contributed by atoms with Crippen LogP contribution in [0.1, 0.15) is 36.9 Å². The van der Waals surface area contributed by atoms with Crippen molar-refractivity contribution in [3.05, 3.63) is 34.2 Å². The van der Waals surface area contributed by atoms with Crippen LogP contribution in [0.2, 0.25) is 0 Å². The second-order valence-electron chi connectivity index (χ2n) is 5.26. The molecule has 0 saturated heterocycles. The van der Waals surface area contributed by atoms with Gasteiger partial charge in [-0.05, 0) is 16.9 Å². The number of carbonyl (C=O) groups is 1. The van der Waals surface area contributed by atoms with Crippen LogP contribution in [0.15, 0.2) is 21.9 Å². The summed E-state index contributed by atoms with van der Waals surface area (Å²) in [5.74, 6) is 0.254. The first-order valence-corrected chi connectivity index (χ1v) is 6.88. The summed E-state index contributed by atoms with van der Waals surface area (Å²) >= 11 is 1.64. The molecule has 6 heteroatoms. The van der Waals surface area contributed by atoms with Crippen LogP contribution in [0.3, 0.4) is 0 Å². The van der Waals surface area contributed by atoms with Gasteiger partial charge in [0, 0.05) is 11.3 Å². The van der Waals surface area contributed by atoms with Gasteiger partial charge in [0.15, 0.2) is 0 Å². The molecule has 0 spiro atoms. The van der Waals surface area contributed by atoms with Crippen molar-refractivity contribution in [3.63, 3.8) is 0 Å². The van der Waals surface area contributed by atoms with Crippen LogP contribution in [0, 0.1) is 5.41 Å². The van der Waals surface area contributed by atoms with Crippen molar-refractivity contribution in [1.29, 1.82) is 0 Å². The molecule has 0 aliphatic rings. The summed E-state index contributed by atoms with van der Waals surface area (Å²) in [7, 11) is 0. The van der Waals surface area contributed by atoms with Gasteiger partial charge in [-0.2, -0.15) is 0 Å². The molecule has 102 valence electrons. The Morgan fingerprint density at radius 2 is 2.16 bits per heavy atom. The monoisotopic (exact) mass is 280 g/mol. The van der Waals surface area contributed by atoms with E-state index in [-0.39, 0.29) is 6.42 Å². The van der Waals surface area contributed by atoms with Gasteiger partial charge >= 0.3 is 5.97 Å². The molecule has 5 nitrogen and oxygen atoms in total. The fourth-order valence-corrected chi connectivity index (χ4v) is 2.57. The standard InChI is InChI=1S/C13H16N2O3S/c1-13(2,8-12(16)17)7-11-15-14-10(18-11)6-9-4-3-5-19-9/h3-5H,6-8H2,1-2H3,(H,16,17). The smallest absolute Gasteiger partial charge is 0.303 e. The molecule has 0 fully saturated rings. The number of thiophene rings is 1. The Morgan fingerprint density at radius 1 is 1.42 bits per heavy atom. The van der Waals surface area contributed by atoms with E-state index in [2.05, 4.69) is 10.2 Å². The first-order valence-electron chi connectivity index (χ1n) is 6.00. The highest BCUT2D eigenvalue weighted by atomic mass is 32.1. The highest BCUT2D eigenvalue weighted by Crippen LogP contribution is 2.25. The summed E-state index contributed by atoms with van der Waals surface area (Å²) in [4.78, 5) is 11.9. The highest BCUT2D eigenvalue weighted by Gasteiger charge is 2.25. The van der Waals surface area contributed by atoms with E-state index in [4.69, 9.17) is 9.52 Å². The van der Waals surface area contributed by atoms with E-state index < -0.39 is 11.4 Å². The summed E-state index contributed by atoms with van der Waals surface area (Å²) in [6, 6.07) is 4.00. The topological polar surface area (TPSA) is 76.2 Å². The molecule has 0 bridgehead atoms. The van der Waals surface area contributed by atoms with Gasteiger partial charge < -0.3 is 9.52 Å². The fourth-order valence-electron chi connectivity index (χ4n) is 1.87. The maximum atomic E-state index is 10.8. The largest absolute Gasteiger partial charge is 0.481 e. The lowest BCUT2D eigenvalue weighted by Crippen LogP contribution is -2.19. The maximum Gasteiger partial charge on any atom is 0.303 e. The van der Waals surface area contributed by atoms with E-state index in [0.717, 1.165) is 0 Å². The molecule has 2 aromatic heterocycles. The van der Waals surface area contributed by atoms with Crippen LogP contribution >= 0.6 is 11.3 Å². The van der Waals surface area contributed by atoms with E-state index in [0.29, 0.717) is 24.6 Å². The molecule has 0 saturated carbocycles. The minimum atomic E-state index is -0.816. The third-order valence-corrected chi connectivity index (χ3v) is 3.55. The number of hydrogen-bond acceptors (Lipinski definition) is 5. The molecule has 2 rings (SSSR count). The maximum absolute atomic E-state index is 10.8. The normalized spacial score (nSPS) is 11.7. The zero-order valence-corrected chi connectivity index (χ0v) is 11.7. The van der Waals surface area contributed by atoms with Crippen molar-refractivity contribution in [3.8, 4) is 0 Å². The van der Waals surface area contributed by atoms with Crippen LogP contribution in [0.25, 0.3) is 0 Å². The number of aromatic nitrogens is 2. The lowest BCUT2D eigenvalue weighted by atomic mass is 9.86. The summed E-state index contributed by atoms with van der Waals surface area (Å²) in [5, 5.41) is 18.8. The Balaban J connectivity index is 1.99. The Labute approximate surface area is 115 Å². The summed E-state index contributed by atoms with van der Waals surface area (Å²) < 4.78 is 5.57. The first-order chi connectivity index (χ1) is 8.94. The van der Waals surface area contributed by atoms with E-state index in [9.17, 15) is 4.79 Å². The first kappa shape index (κ1) is 13.7. The fraction of sp³-hybridized carbons (Fsp3) is 0.462. The van der Waals surface area contributed by atoms with Gasteiger partial charge in [0.05, 0.1) is 12.8 Å². The lowest BCUT2D eigenvalue weighted by Gasteiger charge is -2.19. The van der Waals surface area contributed by atoms with Crippen molar-refractivity contribution in [2.24, 2.45) is 5.41 Å². The molecule has 2 heterocycles. The summed E-state index contributed by atoms with van der Waals surface area (Å²) in [6.07, 6.45) is 1.18. The molecule has 0 radical (unpaired) electrons. The minimum Gasteiger partial charge on any atom is -0.481 e. The SMILES string of the molecule is CC(C)(CC(=O)O)Cc1nnc(Cc2cccs2)o1. The quantitative estimate of drug-likeness (QED) is 0.880. The molecular formula is C13H16N2O3S. The van der Waals surface area contributed by atoms with Gasteiger partial charge in [-0.25, -0.2) is 0 Å². The van der Waals surface area contributed by atoms with Crippen molar-refractivity contribution < 1.29 is 14.3 Å². The third kappa shape index (κ3) is 4.17. The number of aliphatic carboxylic acids is 1. The third-order valence-electron chi connectivity index (χ3n) is 2.67. The average molecular weight is 280 g/mol. The second-order valence-corrected chi connectivity index (χ2v) is 6.29. The number of hydrogen-bond donors (Lipinski definition) is 1. The molecule has 0 amide bonds. The van der Waals surface area contributed by atoms with Crippen LogP contribution < -0.4 is 0 Å². The number of carboxylic acid groups (broad SMARTS) is 1. The van der Waals surface area contributed by atoms with Gasteiger partial charge in [0.1, 0.15) is 0 Å². The molecule has 0 unspecified atom stereocenters. The van der Waals surface area contributed by atoms with Crippen LogP contribution in [-0.2, 0) is 17.6 Å². The molecule has 2 aromatic rings. The molecular weight excluding hydrogens is 264 g/mol. The predicted octanol–water partition coefficient (Wildman–Crippen LogP) is 2.77. The van der Waals surface area contributed by atoms with Gasteiger partial charge in [0.2, 0.25) is 11.8 Å². The minimum absolute atomic E-state index is 0.0790. The molecule has 0 atom stereocenters. The molecule has 0 aromatic carbocycles. The van der Waals surface area contributed by atoms with E-state index in [1.54, 1.807) is 11.3 Å². The van der Waals surface area contributed by atoms with Crippen molar-refractivity contribution in [2.75, 3.05) is 0 Å². The Bertz CT molecular complexity index is 546. The molecule has 0 aliphatic heterocycles. The Morgan fingerprint density at radius 3 is 2.79 bits per heavy atom. The van der Waals surface area contributed by atoms with Crippen LogP contribution in [0.4, 0.5) is 0 Å². The van der Waals surface area contributed by atoms with Crippen LogP contribution in [-0.4, -0.2) is 21.3 Å². The van der Waals surface area contributed by atoms with Crippen molar-refractivity contribution in [2.45, 2.75) is 33.1 Å². The van der Waals surface area contributed by atoms with E-state index in [1.165, 1.54) is 4.88 Å². The molecule has 1 N–H and O–H groups in total. The van der Waals surface area contributed by atoms with Gasteiger partial charge in [-0.1, -0.05) is 19.9 Å².